The van der Waals surface area contributed by atoms with Crippen LogP contribution in [0.2, 0.25) is 0 Å². The number of para-hydroxylation sites is 1. The first-order valence-electron chi connectivity index (χ1n) is 10.8. The number of pyridine rings is 1. The average molecular weight is 475 g/mol. The molecule has 0 bridgehead atoms. The standard InChI is InChI=1S/C26H23FN4O2S/c1-32-17-12-13-21(23(16-17)33-2)31-25(24(29-26(31)34)19-9-5-6-14-28-19)22-11-7-15-30(22)20-10-4-3-8-18(20)27/h3-16,24-25H,1-2H3,(H,29,34)/t24-,25-/m1/s1. The first kappa shape index (κ1) is 21.9. The Morgan fingerprint density at radius 2 is 1.76 bits per heavy atom. The highest BCUT2D eigenvalue weighted by Crippen LogP contribution is 2.45. The molecule has 0 amide bonds. The molecule has 172 valence electrons. The zero-order valence-corrected chi connectivity index (χ0v) is 19.5. The van der Waals surface area contributed by atoms with Gasteiger partial charge in [0.25, 0.3) is 0 Å². The van der Waals surface area contributed by atoms with Crippen LogP contribution in [0.25, 0.3) is 5.69 Å². The molecule has 4 aromatic rings. The Morgan fingerprint density at radius 1 is 0.941 bits per heavy atom. The van der Waals surface area contributed by atoms with E-state index in [1.807, 2.05) is 70.3 Å². The van der Waals surface area contributed by atoms with Crippen molar-refractivity contribution in [2.24, 2.45) is 0 Å². The molecule has 8 heteroatoms. The topological polar surface area (TPSA) is 51.5 Å². The summed E-state index contributed by atoms with van der Waals surface area (Å²) in [6.45, 7) is 0. The largest absolute Gasteiger partial charge is 0.497 e. The van der Waals surface area contributed by atoms with Crippen molar-refractivity contribution in [2.45, 2.75) is 12.1 Å². The number of anilines is 1. The molecule has 2 aromatic carbocycles. The molecule has 2 atom stereocenters. The van der Waals surface area contributed by atoms with E-state index in [4.69, 9.17) is 21.7 Å². The third-order valence-electron chi connectivity index (χ3n) is 5.94. The summed E-state index contributed by atoms with van der Waals surface area (Å²) in [5.41, 5.74) is 2.91. The van der Waals surface area contributed by atoms with Crippen molar-refractivity contribution in [3.05, 3.63) is 102 Å². The molecule has 0 aliphatic carbocycles. The number of rotatable bonds is 6. The number of halogens is 1. The first-order valence-corrected chi connectivity index (χ1v) is 11.2. The molecule has 1 saturated heterocycles. The van der Waals surface area contributed by atoms with Crippen molar-refractivity contribution in [1.29, 1.82) is 0 Å². The normalized spacial score (nSPS) is 17.5. The molecule has 6 nitrogen and oxygen atoms in total. The minimum atomic E-state index is -0.334. The van der Waals surface area contributed by atoms with Gasteiger partial charge in [-0.2, -0.15) is 0 Å². The summed E-state index contributed by atoms with van der Waals surface area (Å²) >= 11 is 5.82. The lowest BCUT2D eigenvalue weighted by molar-refractivity contribution is 0.394. The van der Waals surface area contributed by atoms with Gasteiger partial charge in [0.05, 0.1) is 37.3 Å². The Hall–Kier alpha value is -3.91. The third-order valence-corrected chi connectivity index (χ3v) is 6.25. The number of ether oxygens (including phenoxy) is 2. The van der Waals surface area contributed by atoms with Gasteiger partial charge >= 0.3 is 0 Å². The van der Waals surface area contributed by atoms with E-state index in [0.29, 0.717) is 22.3 Å². The Labute approximate surface area is 202 Å². The molecule has 1 aliphatic heterocycles. The molecule has 0 unspecified atom stereocenters. The second-order valence-corrected chi connectivity index (χ2v) is 8.18. The summed E-state index contributed by atoms with van der Waals surface area (Å²) in [5, 5.41) is 3.95. The predicted molar refractivity (Wildman–Crippen MR) is 133 cm³/mol. The van der Waals surface area contributed by atoms with Crippen LogP contribution in [0.1, 0.15) is 23.5 Å². The smallest absolute Gasteiger partial charge is 0.174 e. The van der Waals surface area contributed by atoms with Crippen LogP contribution in [0.3, 0.4) is 0 Å². The summed E-state index contributed by atoms with van der Waals surface area (Å²) < 4.78 is 27.7. The highest BCUT2D eigenvalue weighted by atomic mass is 32.1. The molecular weight excluding hydrogens is 451 g/mol. The fourth-order valence-corrected chi connectivity index (χ4v) is 4.74. The fraction of sp³-hybridized carbons (Fsp3) is 0.154. The summed E-state index contributed by atoms with van der Waals surface area (Å²) in [7, 11) is 3.22. The van der Waals surface area contributed by atoms with E-state index in [0.717, 1.165) is 17.1 Å². The molecular formula is C26H23FN4O2S. The van der Waals surface area contributed by atoms with E-state index in [1.54, 1.807) is 32.5 Å². The van der Waals surface area contributed by atoms with E-state index in [1.165, 1.54) is 6.07 Å². The van der Waals surface area contributed by atoms with E-state index in [-0.39, 0.29) is 17.9 Å². The second kappa shape index (κ2) is 9.15. The van der Waals surface area contributed by atoms with Crippen molar-refractivity contribution < 1.29 is 13.9 Å². The number of aromatic nitrogens is 2. The first-order chi connectivity index (χ1) is 16.6. The lowest BCUT2D eigenvalue weighted by Gasteiger charge is -2.30. The summed E-state index contributed by atoms with van der Waals surface area (Å²) in [5.74, 6) is 0.974. The number of hydrogen-bond donors (Lipinski definition) is 1. The quantitative estimate of drug-likeness (QED) is 0.388. The maximum Gasteiger partial charge on any atom is 0.174 e. The highest BCUT2D eigenvalue weighted by Gasteiger charge is 2.43. The maximum absolute atomic E-state index is 14.8. The Morgan fingerprint density at radius 3 is 2.50 bits per heavy atom. The van der Waals surface area contributed by atoms with Crippen LogP contribution in [0, 0.1) is 5.82 Å². The molecule has 0 radical (unpaired) electrons. The molecule has 0 saturated carbocycles. The number of nitrogens with zero attached hydrogens (tertiary/aromatic N) is 3. The van der Waals surface area contributed by atoms with E-state index < -0.39 is 0 Å². The zero-order valence-electron chi connectivity index (χ0n) is 18.7. The second-order valence-electron chi connectivity index (χ2n) is 7.79. The van der Waals surface area contributed by atoms with Gasteiger partial charge < -0.3 is 24.3 Å². The van der Waals surface area contributed by atoms with Gasteiger partial charge in [-0.1, -0.05) is 18.2 Å². The number of thiocarbonyl (C=S) groups is 1. The molecule has 1 fully saturated rings. The molecule has 5 rings (SSSR count). The van der Waals surface area contributed by atoms with Crippen molar-refractivity contribution in [1.82, 2.24) is 14.9 Å². The van der Waals surface area contributed by atoms with Crippen LogP contribution in [-0.2, 0) is 0 Å². The SMILES string of the molecule is COc1ccc(N2C(=S)N[C@H](c3ccccn3)[C@H]2c2cccn2-c2ccccc2F)c(OC)c1. The van der Waals surface area contributed by atoms with Crippen LogP contribution < -0.4 is 19.7 Å². The van der Waals surface area contributed by atoms with E-state index >= 15 is 0 Å². The summed E-state index contributed by atoms with van der Waals surface area (Å²) in [4.78, 5) is 6.59. The van der Waals surface area contributed by atoms with Crippen molar-refractivity contribution in [2.75, 3.05) is 19.1 Å². The lowest BCUT2D eigenvalue weighted by Crippen LogP contribution is -2.30. The minimum absolute atomic E-state index is 0.277. The lowest BCUT2D eigenvalue weighted by atomic mass is 10.0. The average Bonchev–Trinajstić information content (AvgIpc) is 3.48. The maximum atomic E-state index is 14.8. The van der Waals surface area contributed by atoms with Crippen molar-refractivity contribution >= 4 is 23.0 Å². The van der Waals surface area contributed by atoms with Gasteiger partial charge in [-0.05, 0) is 60.7 Å². The van der Waals surface area contributed by atoms with E-state index in [2.05, 4.69) is 10.3 Å². The molecule has 2 aromatic heterocycles. The molecule has 1 N–H and O–H groups in total. The fourth-order valence-electron chi connectivity index (χ4n) is 4.40. The molecule has 0 spiro atoms. The van der Waals surface area contributed by atoms with Crippen LogP contribution in [0.4, 0.5) is 10.1 Å². The van der Waals surface area contributed by atoms with Gasteiger partial charge in [-0.25, -0.2) is 4.39 Å². The number of benzene rings is 2. The zero-order chi connectivity index (χ0) is 23.7. The summed E-state index contributed by atoms with van der Waals surface area (Å²) in [6.07, 6.45) is 3.61. The molecule has 1 aliphatic rings. The molecule has 3 heterocycles. The van der Waals surface area contributed by atoms with Crippen molar-refractivity contribution in [3.8, 4) is 17.2 Å². The van der Waals surface area contributed by atoms with Crippen LogP contribution >= 0.6 is 12.2 Å². The third kappa shape index (κ3) is 3.76. The van der Waals surface area contributed by atoms with Gasteiger partial charge in [0.2, 0.25) is 0 Å². The van der Waals surface area contributed by atoms with Crippen LogP contribution in [0.5, 0.6) is 11.5 Å². The highest BCUT2D eigenvalue weighted by molar-refractivity contribution is 7.80. The Bertz CT molecular complexity index is 1330. The molecule has 34 heavy (non-hydrogen) atoms. The van der Waals surface area contributed by atoms with Gasteiger partial charge in [-0.15, -0.1) is 0 Å². The monoisotopic (exact) mass is 474 g/mol. The van der Waals surface area contributed by atoms with E-state index in [9.17, 15) is 4.39 Å². The van der Waals surface area contributed by atoms with Gasteiger partial charge in [0, 0.05) is 24.2 Å². The number of methoxy groups -OCH3 is 2. The van der Waals surface area contributed by atoms with Gasteiger partial charge in [-0.3, -0.25) is 4.98 Å². The minimum Gasteiger partial charge on any atom is -0.497 e. The number of nitrogens with one attached hydrogen (secondary N) is 1. The van der Waals surface area contributed by atoms with Crippen molar-refractivity contribution in [3.63, 3.8) is 0 Å². The number of hydrogen-bond acceptors (Lipinski definition) is 4. The van der Waals surface area contributed by atoms with Crippen LogP contribution in [0.15, 0.2) is 85.2 Å². The predicted octanol–water partition coefficient (Wildman–Crippen LogP) is 5.21. The van der Waals surface area contributed by atoms with Crippen LogP contribution in [-0.4, -0.2) is 28.9 Å². The van der Waals surface area contributed by atoms with Gasteiger partial charge in [0.1, 0.15) is 23.4 Å². The van der Waals surface area contributed by atoms with Gasteiger partial charge in [0.15, 0.2) is 5.11 Å². The summed E-state index contributed by atoms with van der Waals surface area (Å²) in [6, 6.07) is 21.3. The Kier molecular flexibility index (Phi) is 5.90. The Balaban J connectivity index is 1.70.